The van der Waals surface area contributed by atoms with E-state index in [0.29, 0.717) is 0 Å². The molecule has 0 amide bonds. The maximum atomic E-state index is 11.7. The lowest BCUT2D eigenvalue weighted by Gasteiger charge is -2.26. The van der Waals surface area contributed by atoms with Crippen LogP contribution in [0.2, 0.25) is 0 Å². The van der Waals surface area contributed by atoms with Gasteiger partial charge in [-0.15, -0.1) is 0 Å². The van der Waals surface area contributed by atoms with Gasteiger partial charge in [0.1, 0.15) is 5.54 Å². The number of esters is 1. The Bertz CT molecular complexity index is 299. The molecule has 0 saturated carbocycles. The lowest BCUT2D eigenvalue weighted by Crippen LogP contribution is -2.48. The number of carbonyl (C=O) groups is 1. The summed E-state index contributed by atoms with van der Waals surface area (Å²) >= 11 is 0. The zero-order valence-corrected chi connectivity index (χ0v) is 13.6. The van der Waals surface area contributed by atoms with E-state index < -0.39 is 5.54 Å². The number of nitrogens with one attached hydrogen (secondary N) is 1. The third-order valence-electron chi connectivity index (χ3n) is 4.40. The molecule has 1 saturated heterocycles. The Hall–Kier alpha value is -0.650. The molecule has 5 heteroatoms. The van der Waals surface area contributed by atoms with Gasteiger partial charge in [-0.25, -0.2) is 0 Å². The maximum absolute atomic E-state index is 11.7. The van der Waals surface area contributed by atoms with Gasteiger partial charge in [0, 0.05) is 13.1 Å². The van der Waals surface area contributed by atoms with Crippen molar-refractivity contribution in [3.8, 4) is 0 Å². The molecule has 118 valence electrons. The van der Waals surface area contributed by atoms with Crippen molar-refractivity contribution in [3.05, 3.63) is 0 Å². The van der Waals surface area contributed by atoms with Crippen LogP contribution in [0.1, 0.15) is 32.6 Å². The van der Waals surface area contributed by atoms with Crippen LogP contribution in [0.25, 0.3) is 0 Å². The van der Waals surface area contributed by atoms with E-state index in [2.05, 4.69) is 22.2 Å². The fourth-order valence-corrected chi connectivity index (χ4v) is 2.69. The van der Waals surface area contributed by atoms with E-state index in [1.165, 1.54) is 26.6 Å². The molecule has 0 bridgehead atoms. The van der Waals surface area contributed by atoms with Crippen LogP contribution < -0.4 is 5.32 Å². The molecule has 1 aliphatic rings. The van der Waals surface area contributed by atoms with E-state index in [1.54, 1.807) is 0 Å². The Morgan fingerprint density at radius 2 is 2.00 bits per heavy atom. The molecule has 0 aliphatic carbocycles. The van der Waals surface area contributed by atoms with Crippen LogP contribution in [-0.4, -0.2) is 75.2 Å². The van der Waals surface area contributed by atoms with E-state index in [1.807, 2.05) is 14.0 Å². The lowest BCUT2D eigenvalue weighted by atomic mass is 9.95. The van der Waals surface area contributed by atoms with Crippen molar-refractivity contribution in [1.82, 2.24) is 15.1 Å². The third kappa shape index (κ3) is 5.38. The van der Waals surface area contributed by atoms with Crippen molar-refractivity contribution in [2.45, 2.75) is 38.1 Å². The Kier molecular flexibility index (Phi) is 7.48. The number of rotatable bonds is 7. The summed E-state index contributed by atoms with van der Waals surface area (Å²) in [6, 6.07) is 0. The van der Waals surface area contributed by atoms with Crippen molar-refractivity contribution in [1.29, 1.82) is 0 Å². The fourth-order valence-electron chi connectivity index (χ4n) is 2.69. The van der Waals surface area contributed by atoms with Crippen LogP contribution in [0.3, 0.4) is 0 Å². The van der Waals surface area contributed by atoms with Crippen LogP contribution >= 0.6 is 0 Å². The summed E-state index contributed by atoms with van der Waals surface area (Å²) in [6.45, 7) is 7.78. The predicted octanol–water partition coefficient (Wildman–Crippen LogP) is 0.945. The first-order valence-electron chi connectivity index (χ1n) is 7.70. The number of carbonyl (C=O) groups excluding carboxylic acids is 1. The minimum atomic E-state index is -0.548. The summed E-state index contributed by atoms with van der Waals surface area (Å²) in [5.41, 5.74) is -0.548. The average molecular weight is 285 g/mol. The molecule has 1 aliphatic heterocycles. The molecule has 0 aromatic heterocycles. The summed E-state index contributed by atoms with van der Waals surface area (Å²) in [6.07, 6.45) is 4.26. The first-order chi connectivity index (χ1) is 9.51. The van der Waals surface area contributed by atoms with Gasteiger partial charge >= 0.3 is 5.97 Å². The third-order valence-corrected chi connectivity index (χ3v) is 4.40. The summed E-state index contributed by atoms with van der Waals surface area (Å²) < 4.78 is 4.86. The van der Waals surface area contributed by atoms with Gasteiger partial charge in [0.05, 0.1) is 7.11 Å². The molecule has 1 fully saturated rings. The zero-order valence-electron chi connectivity index (χ0n) is 13.6. The van der Waals surface area contributed by atoms with Crippen LogP contribution in [0.15, 0.2) is 0 Å². The Morgan fingerprint density at radius 3 is 2.65 bits per heavy atom. The molecule has 0 aromatic carbocycles. The number of hydrogen-bond acceptors (Lipinski definition) is 5. The Labute approximate surface area is 123 Å². The number of unbranched alkanes of at least 4 members (excludes halogenated alkanes) is 1. The second kappa shape index (κ2) is 8.60. The monoisotopic (exact) mass is 285 g/mol. The molecule has 1 heterocycles. The van der Waals surface area contributed by atoms with Gasteiger partial charge in [-0.3, -0.25) is 4.79 Å². The van der Waals surface area contributed by atoms with Crippen LogP contribution in [0, 0.1) is 0 Å². The van der Waals surface area contributed by atoms with E-state index >= 15 is 0 Å². The van der Waals surface area contributed by atoms with Crippen molar-refractivity contribution >= 4 is 5.97 Å². The molecule has 5 nitrogen and oxygen atoms in total. The van der Waals surface area contributed by atoms with Crippen LogP contribution in [-0.2, 0) is 9.53 Å². The minimum absolute atomic E-state index is 0.170. The molecule has 1 atom stereocenters. The van der Waals surface area contributed by atoms with Gasteiger partial charge in [-0.1, -0.05) is 0 Å². The summed E-state index contributed by atoms with van der Waals surface area (Å²) in [5, 5.41) is 3.09. The SMILES string of the molecule is CNC(C)(CCCCN1CCCN(C)CC1)C(=O)OC. The van der Waals surface area contributed by atoms with Gasteiger partial charge in [-0.2, -0.15) is 0 Å². The molecular weight excluding hydrogens is 254 g/mol. The van der Waals surface area contributed by atoms with E-state index in [4.69, 9.17) is 4.74 Å². The largest absolute Gasteiger partial charge is 0.468 e. The summed E-state index contributed by atoms with van der Waals surface area (Å²) in [7, 11) is 5.46. The van der Waals surface area contributed by atoms with Crippen molar-refractivity contribution in [2.24, 2.45) is 0 Å². The molecule has 1 unspecified atom stereocenters. The number of nitrogens with zero attached hydrogens (tertiary/aromatic N) is 2. The Balaban J connectivity index is 2.25. The highest BCUT2D eigenvalue weighted by atomic mass is 16.5. The van der Waals surface area contributed by atoms with Gasteiger partial charge < -0.3 is 19.9 Å². The topological polar surface area (TPSA) is 44.8 Å². The van der Waals surface area contributed by atoms with Gasteiger partial charge in [0.25, 0.3) is 0 Å². The van der Waals surface area contributed by atoms with Crippen molar-refractivity contribution in [2.75, 3.05) is 53.9 Å². The maximum Gasteiger partial charge on any atom is 0.325 e. The normalized spacial score (nSPS) is 21.2. The van der Waals surface area contributed by atoms with E-state index in [0.717, 1.165) is 38.9 Å². The number of methoxy groups -OCH3 is 1. The average Bonchev–Trinajstić information content (AvgIpc) is 2.67. The van der Waals surface area contributed by atoms with E-state index in [9.17, 15) is 4.79 Å². The smallest absolute Gasteiger partial charge is 0.325 e. The second-order valence-electron chi connectivity index (χ2n) is 6.03. The molecular formula is C15H31N3O2. The standard InChI is InChI=1S/C15H31N3O2/c1-15(16-2,14(19)20-4)8-5-6-10-18-11-7-9-17(3)12-13-18/h16H,5-13H2,1-4H3. The second-order valence-corrected chi connectivity index (χ2v) is 6.03. The number of ether oxygens (including phenoxy) is 1. The summed E-state index contributed by atoms with van der Waals surface area (Å²) in [5.74, 6) is -0.170. The fraction of sp³-hybridized carbons (Fsp3) is 0.933. The molecule has 0 radical (unpaired) electrons. The molecule has 1 rings (SSSR count). The molecule has 0 aromatic rings. The van der Waals surface area contributed by atoms with Crippen molar-refractivity contribution in [3.63, 3.8) is 0 Å². The van der Waals surface area contributed by atoms with Crippen LogP contribution in [0.4, 0.5) is 0 Å². The highest BCUT2D eigenvalue weighted by molar-refractivity contribution is 5.80. The van der Waals surface area contributed by atoms with Gasteiger partial charge in [0.15, 0.2) is 0 Å². The molecule has 20 heavy (non-hydrogen) atoms. The highest BCUT2D eigenvalue weighted by Crippen LogP contribution is 2.15. The quantitative estimate of drug-likeness (QED) is 0.557. The first kappa shape index (κ1) is 17.4. The van der Waals surface area contributed by atoms with Crippen LogP contribution in [0.5, 0.6) is 0 Å². The van der Waals surface area contributed by atoms with Gasteiger partial charge in [0.2, 0.25) is 0 Å². The Morgan fingerprint density at radius 1 is 1.25 bits per heavy atom. The first-order valence-corrected chi connectivity index (χ1v) is 7.70. The number of hydrogen-bond donors (Lipinski definition) is 1. The highest BCUT2D eigenvalue weighted by Gasteiger charge is 2.31. The van der Waals surface area contributed by atoms with Crippen molar-refractivity contribution < 1.29 is 9.53 Å². The van der Waals surface area contributed by atoms with Gasteiger partial charge in [-0.05, 0) is 66.3 Å². The predicted molar refractivity (Wildman–Crippen MR) is 81.9 cm³/mol. The minimum Gasteiger partial charge on any atom is -0.468 e. The molecule has 1 N–H and O–H groups in total. The lowest BCUT2D eigenvalue weighted by molar-refractivity contribution is -0.148. The number of likely N-dealkylation sites (N-methyl/N-ethyl adjacent to an activating group) is 2. The zero-order chi connectivity index (χ0) is 15.0. The molecule has 0 spiro atoms. The van der Waals surface area contributed by atoms with E-state index in [-0.39, 0.29) is 5.97 Å². The summed E-state index contributed by atoms with van der Waals surface area (Å²) in [4.78, 5) is 16.7.